The molecule has 1 atom stereocenters. The zero-order valence-corrected chi connectivity index (χ0v) is 12.6. The molecule has 0 unspecified atom stereocenters. The number of rotatable bonds is 6. The Labute approximate surface area is 115 Å². The molecule has 0 N–H and O–H groups in total. The second-order valence-corrected chi connectivity index (χ2v) is 4.49. The summed E-state index contributed by atoms with van der Waals surface area (Å²) in [6.07, 6.45) is 1.81. The fourth-order valence-corrected chi connectivity index (χ4v) is 2.06. The lowest BCUT2D eigenvalue weighted by atomic mass is 9.98. The Morgan fingerprint density at radius 3 is 2.05 bits per heavy atom. The molecule has 0 aliphatic carbocycles. The molecule has 0 aliphatic heterocycles. The van der Waals surface area contributed by atoms with Crippen LogP contribution in [0.4, 0.5) is 0 Å². The van der Waals surface area contributed by atoms with E-state index in [1.54, 1.807) is 27.4 Å². The smallest absolute Gasteiger partial charge is 0.203 e. The Balaban J connectivity index is 3.62. The summed E-state index contributed by atoms with van der Waals surface area (Å²) in [5.74, 6) is 1.95. The van der Waals surface area contributed by atoms with E-state index in [9.17, 15) is 0 Å². The van der Waals surface area contributed by atoms with Crippen molar-refractivity contribution in [2.75, 3.05) is 35.4 Å². The van der Waals surface area contributed by atoms with Gasteiger partial charge in [0, 0.05) is 11.6 Å². The zero-order chi connectivity index (χ0) is 14.6. The van der Waals surface area contributed by atoms with Crippen LogP contribution in [-0.2, 0) is 0 Å². The molecule has 0 bridgehead atoms. The van der Waals surface area contributed by atoms with Crippen molar-refractivity contribution in [1.82, 2.24) is 4.90 Å². The van der Waals surface area contributed by atoms with E-state index < -0.39 is 0 Å². The van der Waals surface area contributed by atoms with Crippen molar-refractivity contribution in [3.8, 4) is 17.2 Å². The van der Waals surface area contributed by atoms with Gasteiger partial charge in [0.2, 0.25) is 5.75 Å². The number of methoxy groups -OCH3 is 3. The summed E-state index contributed by atoms with van der Waals surface area (Å²) in [7, 11) is 8.90. The van der Waals surface area contributed by atoms with Crippen LogP contribution in [0.1, 0.15) is 24.1 Å². The van der Waals surface area contributed by atoms with Crippen molar-refractivity contribution in [2.24, 2.45) is 0 Å². The molecule has 106 valence electrons. The van der Waals surface area contributed by atoms with Crippen LogP contribution in [0.2, 0.25) is 0 Å². The van der Waals surface area contributed by atoms with Crippen LogP contribution in [0.5, 0.6) is 17.2 Å². The molecule has 0 fully saturated rings. The number of ether oxygens (including phenoxy) is 3. The van der Waals surface area contributed by atoms with Gasteiger partial charge < -0.3 is 19.1 Å². The second kappa shape index (κ2) is 6.48. The first kappa shape index (κ1) is 15.4. The standard InChI is InChI=1S/C15H23NO3/c1-8-11-9-12(17-5)14(18-6)15(19-7)13(11)10(2)16(3)4/h8-10H,1H2,2-7H3/t10-/m0/s1. The number of benzene rings is 1. The molecular weight excluding hydrogens is 242 g/mol. The van der Waals surface area contributed by atoms with Gasteiger partial charge in [-0.2, -0.15) is 0 Å². The largest absolute Gasteiger partial charge is 0.493 e. The lowest BCUT2D eigenvalue weighted by molar-refractivity contribution is 0.292. The Kier molecular flexibility index (Phi) is 5.24. The summed E-state index contributed by atoms with van der Waals surface area (Å²) >= 11 is 0. The predicted molar refractivity (Wildman–Crippen MR) is 78.3 cm³/mol. The molecule has 4 heteroatoms. The number of hydrogen-bond acceptors (Lipinski definition) is 4. The minimum atomic E-state index is 0.169. The Morgan fingerprint density at radius 2 is 1.68 bits per heavy atom. The van der Waals surface area contributed by atoms with E-state index in [4.69, 9.17) is 14.2 Å². The Hall–Kier alpha value is -1.68. The predicted octanol–water partition coefficient (Wildman–Crippen LogP) is 2.98. The first-order valence-electron chi connectivity index (χ1n) is 6.13. The van der Waals surface area contributed by atoms with Crippen LogP contribution >= 0.6 is 0 Å². The molecule has 0 aromatic heterocycles. The fraction of sp³-hybridized carbons (Fsp3) is 0.467. The summed E-state index contributed by atoms with van der Waals surface area (Å²) in [4.78, 5) is 2.11. The molecule has 1 rings (SSSR count). The van der Waals surface area contributed by atoms with E-state index in [0.717, 1.165) is 11.1 Å². The summed E-state index contributed by atoms with van der Waals surface area (Å²) < 4.78 is 16.3. The SMILES string of the molecule is C=Cc1cc(OC)c(OC)c(OC)c1[C@H](C)N(C)C. The van der Waals surface area contributed by atoms with E-state index in [1.165, 1.54) is 0 Å². The average molecular weight is 265 g/mol. The maximum atomic E-state index is 5.54. The third-order valence-corrected chi connectivity index (χ3v) is 3.31. The van der Waals surface area contributed by atoms with Crippen LogP contribution in [0.15, 0.2) is 12.6 Å². The molecule has 1 aromatic carbocycles. The average Bonchev–Trinajstić information content (AvgIpc) is 2.43. The molecule has 4 nitrogen and oxygen atoms in total. The van der Waals surface area contributed by atoms with Gasteiger partial charge in [-0.3, -0.25) is 0 Å². The molecule has 0 radical (unpaired) electrons. The fourth-order valence-electron chi connectivity index (χ4n) is 2.06. The molecule has 0 spiro atoms. The van der Waals surface area contributed by atoms with Crippen LogP contribution < -0.4 is 14.2 Å². The third-order valence-electron chi connectivity index (χ3n) is 3.31. The monoisotopic (exact) mass is 265 g/mol. The molecule has 0 saturated carbocycles. The quantitative estimate of drug-likeness (QED) is 0.791. The molecule has 0 saturated heterocycles. The van der Waals surface area contributed by atoms with Gasteiger partial charge in [0.25, 0.3) is 0 Å². The first-order chi connectivity index (χ1) is 9.01. The van der Waals surface area contributed by atoms with E-state index >= 15 is 0 Å². The Bertz CT molecular complexity index is 455. The third kappa shape index (κ3) is 2.84. The highest BCUT2D eigenvalue weighted by Crippen LogP contribution is 2.45. The molecule has 1 aromatic rings. The van der Waals surface area contributed by atoms with Crippen molar-refractivity contribution in [3.05, 3.63) is 23.8 Å². The lowest BCUT2D eigenvalue weighted by Crippen LogP contribution is -2.19. The van der Waals surface area contributed by atoms with Gasteiger partial charge in [-0.25, -0.2) is 0 Å². The zero-order valence-electron chi connectivity index (χ0n) is 12.6. The highest BCUT2D eigenvalue weighted by atomic mass is 16.5. The van der Waals surface area contributed by atoms with Gasteiger partial charge in [0.15, 0.2) is 11.5 Å². The van der Waals surface area contributed by atoms with Gasteiger partial charge >= 0.3 is 0 Å². The van der Waals surface area contributed by atoms with Gasteiger partial charge in [0.05, 0.1) is 21.3 Å². The molecule has 19 heavy (non-hydrogen) atoms. The van der Waals surface area contributed by atoms with Crippen molar-refractivity contribution in [2.45, 2.75) is 13.0 Å². The van der Waals surface area contributed by atoms with Crippen LogP contribution in [0.25, 0.3) is 6.08 Å². The van der Waals surface area contributed by atoms with Crippen LogP contribution in [0.3, 0.4) is 0 Å². The molecule has 0 amide bonds. The van der Waals surface area contributed by atoms with Crippen molar-refractivity contribution in [1.29, 1.82) is 0 Å². The number of hydrogen-bond donors (Lipinski definition) is 0. The summed E-state index contributed by atoms with van der Waals surface area (Å²) in [5, 5.41) is 0. The van der Waals surface area contributed by atoms with E-state index in [2.05, 4.69) is 18.4 Å². The van der Waals surface area contributed by atoms with Crippen molar-refractivity contribution >= 4 is 6.08 Å². The van der Waals surface area contributed by atoms with E-state index in [1.807, 2.05) is 20.2 Å². The Morgan fingerprint density at radius 1 is 1.11 bits per heavy atom. The van der Waals surface area contributed by atoms with Gasteiger partial charge in [0.1, 0.15) is 0 Å². The van der Waals surface area contributed by atoms with Crippen LogP contribution in [-0.4, -0.2) is 40.3 Å². The lowest BCUT2D eigenvalue weighted by Gasteiger charge is -2.26. The van der Waals surface area contributed by atoms with Gasteiger partial charge in [-0.1, -0.05) is 12.7 Å². The van der Waals surface area contributed by atoms with E-state index in [0.29, 0.717) is 17.2 Å². The summed E-state index contributed by atoms with van der Waals surface area (Å²) in [6.45, 7) is 5.98. The van der Waals surface area contributed by atoms with Crippen molar-refractivity contribution in [3.63, 3.8) is 0 Å². The highest BCUT2D eigenvalue weighted by molar-refractivity contribution is 5.67. The minimum absolute atomic E-state index is 0.169. The van der Waals surface area contributed by atoms with Crippen molar-refractivity contribution < 1.29 is 14.2 Å². The topological polar surface area (TPSA) is 30.9 Å². The second-order valence-electron chi connectivity index (χ2n) is 4.49. The first-order valence-corrected chi connectivity index (χ1v) is 6.13. The van der Waals surface area contributed by atoms with E-state index in [-0.39, 0.29) is 6.04 Å². The maximum absolute atomic E-state index is 5.54. The molecular formula is C15H23NO3. The normalized spacial score (nSPS) is 12.2. The molecule has 0 aliphatic rings. The molecule has 0 heterocycles. The summed E-state index contributed by atoms with van der Waals surface area (Å²) in [6, 6.07) is 2.09. The maximum Gasteiger partial charge on any atom is 0.203 e. The summed E-state index contributed by atoms with van der Waals surface area (Å²) in [5.41, 5.74) is 2.02. The van der Waals surface area contributed by atoms with Gasteiger partial charge in [-0.05, 0) is 32.6 Å². The highest BCUT2D eigenvalue weighted by Gasteiger charge is 2.24. The van der Waals surface area contributed by atoms with Crippen LogP contribution in [0, 0.1) is 0 Å². The number of nitrogens with zero attached hydrogens (tertiary/aromatic N) is 1. The minimum Gasteiger partial charge on any atom is -0.493 e. The van der Waals surface area contributed by atoms with Gasteiger partial charge in [-0.15, -0.1) is 0 Å².